The Morgan fingerprint density at radius 2 is 1.81 bits per heavy atom. The van der Waals surface area contributed by atoms with Gasteiger partial charge in [-0.05, 0) is 42.7 Å². The van der Waals surface area contributed by atoms with Crippen molar-refractivity contribution in [3.8, 4) is 0 Å². The van der Waals surface area contributed by atoms with Gasteiger partial charge in [-0.15, -0.1) is 0 Å². The number of hydrogen-bond acceptors (Lipinski definition) is 4. The molecule has 3 rings (SSSR count). The third kappa shape index (κ3) is 5.70. The minimum absolute atomic E-state index is 0.304. The molecule has 2 aliphatic rings. The van der Waals surface area contributed by atoms with Crippen molar-refractivity contribution in [3.05, 3.63) is 30.3 Å². The van der Waals surface area contributed by atoms with E-state index in [1.54, 1.807) is 0 Å². The van der Waals surface area contributed by atoms with Gasteiger partial charge < -0.3 is 14.7 Å². The Labute approximate surface area is 159 Å². The fourth-order valence-electron chi connectivity index (χ4n) is 4.81. The first kappa shape index (κ1) is 19.7. The molecule has 1 saturated carbocycles. The van der Waals surface area contributed by atoms with Crippen molar-refractivity contribution in [1.29, 1.82) is 0 Å². The van der Waals surface area contributed by atoms with Crippen molar-refractivity contribution >= 4 is 5.69 Å². The first-order valence-corrected chi connectivity index (χ1v) is 10.2. The average Bonchev–Trinajstić information content (AvgIpc) is 2.60. The van der Waals surface area contributed by atoms with Crippen LogP contribution in [0.25, 0.3) is 0 Å². The summed E-state index contributed by atoms with van der Waals surface area (Å²) in [5, 5.41) is 10.4. The highest BCUT2D eigenvalue weighted by Crippen LogP contribution is 2.39. The number of hydrogen-bond donors (Lipinski definition) is 1. The normalized spacial score (nSPS) is 28.1. The second kappa shape index (κ2) is 8.73. The van der Waals surface area contributed by atoms with Gasteiger partial charge in [-0.3, -0.25) is 4.90 Å². The van der Waals surface area contributed by atoms with E-state index in [4.69, 9.17) is 4.74 Å². The Kier molecular flexibility index (Phi) is 6.60. The number of anilines is 1. The third-order valence-corrected chi connectivity index (χ3v) is 5.83. The van der Waals surface area contributed by atoms with E-state index >= 15 is 0 Å². The van der Waals surface area contributed by atoms with Gasteiger partial charge >= 0.3 is 0 Å². The highest BCUT2D eigenvalue weighted by atomic mass is 16.5. The molecule has 0 bridgehead atoms. The van der Waals surface area contributed by atoms with E-state index in [-0.39, 0.29) is 0 Å². The second-order valence-corrected chi connectivity index (χ2v) is 9.15. The number of rotatable bonds is 6. The first-order chi connectivity index (χ1) is 12.4. The minimum atomic E-state index is -0.390. The van der Waals surface area contributed by atoms with Crippen LogP contribution in [0.2, 0.25) is 0 Å². The highest BCUT2D eigenvalue weighted by Gasteiger charge is 2.32. The number of piperazine rings is 1. The zero-order valence-corrected chi connectivity index (χ0v) is 16.7. The molecule has 1 aliphatic carbocycles. The molecule has 0 spiro atoms. The van der Waals surface area contributed by atoms with E-state index in [1.807, 2.05) is 0 Å². The van der Waals surface area contributed by atoms with E-state index in [1.165, 1.54) is 12.1 Å². The van der Waals surface area contributed by atoms with E-state index in [2.05, 4.69) is 60.9 Å². The van der Waals surface area contributed by atoms with E-state index < -0.39 is 6.10 Å². The molecule has 1 aromatic carbocycles. The van der Waals surface area contributed by atoms with Crippen LogP contribution in [0.1, 0.15) is 40.0 Å². The topological polar surface area (TPSA) is 35.9 Å². The molecule has 4 heteroatoms. The van der Waals surface area contributed by atoms with Crippen LogP contribution < -0.4 is 4.90 Å². The van der Waals surface area contributed by atoms with Crippen LogP contribution in [0.3, 0.4) is 0 Å². The van der Waals surface area contributed by atoms with Crippen LogP contribution in [0.4, 0.5) is 5.69 Å². The lowest BCUT2D eigenvalue weighted by atomic mass is 9.71. The Balaban J connectivity index is 1.37. The zero-order valence-electron chi connectivity index (χ0n) is 16.7. The quantitative estimate of drug-likeness (QED) is 0.843. The predicted octanol–water partition coefficient (Wildman–Crippen LogP) is 3.40. The number of aliphatic hydroxyl groups is 1. The molecule has 2 fully saturated rings. The van der Waals surface area contributed by atoms with Gasteiger partial charge in [0, 0.05) is 38.4 Å². The number of aliphatic hydroxyl groups excluding tert-OH is 1. The maximum atomic E-state index is 10.4. The fourth-order valence-corrected chi connectivity index (χ4v) is 4.81. The van der Waals surface area contributed by atoms with Crippen LogP contribution in [0.5, 0.6) is 0 Å². The summed E-state index contributed by atoms with van der Waals surface area (Å²) in [6.45, 7) is 12.2. The second-order valence-electron chi connectivity index (χ2n) is 9.15. The summed E-state index contributed by atoms with van der Waals surface area (Å²) in [4.78, 5) is 4.78. The number of para-hydroxylation sites is 1. The molecule has 1 heterocycles. The molecule has 3 atom stereocenters. The molecular weight excluding hydrogens is 324 g/mol. The molecule has 0 radical (unpaired) electrons. The van der Waals surface area contributed by atoms with Gasteiger partial charge in [-0.25, -0.2) is 0 Å². The van der Waals surface area contributed by atoms with Crippen molar-refractivity contribution in [1.82, 2.24) is 4.90 Å². The molecular formula is C22H36N2O2. The summed E-state index contributed by atoms with van der Waals surface area (Å²) in [6.07, 6.45) is 3.43. The minimum Gasteiger partial charge on any atom is -0.389 e. The van der Waals surface area contributed by atoms with Crippen molar-refractivity contribution in [3.63, 3.8) is 0 Å². The summed E-state index contributed by atoms with van der Waals surface area (Å²) >= 11 is 0. The summed E-state index contributed by atoms with van der Waals surface area (Å²) in [6, 6.07) is 10.6. The van der Waals surface area contributed by atoms with Crippen molar-refractivity contribution in [2.75, 3.05) is 44.2 Å². The molecule has 146 valence electrons. The van der Waals surface area contributed by atoms with Gasteiger partial charge in [-0.2, -0.15) is 0 Å². The Hall–Kier alpha value is -1.10. The maximum absolute atomic E-state index is 10.4. The molecule has 0 amide bonds. The number of nitrogens with zero attached hydrogens (tertiary/aromatic N) is 2. The largest absolute Gasteiger partial charge is 0.389 e. The summed E-state index contributed by atoms with van der Waals surface area (Å²) in [5.74, 6) is 0.715. The van der Waals surface area contributed by atoms with Gasteiger partial charge in [0.05, 0.1) is 18.8 Å². The average molecular weight is 361 g/mol. The number of β-amino-alcohol motifs (C(OH)–C–C–N with tert-alkyl or cyclic N) is 1. The van der Waals surface area contributed by atoms with Crippen LogP contribution in [0.15, 0.2) is 30.3 Å². The SMILES string of the molecule is C[C@@H]1C[C@@H](OC[C@H](O)CN2CCN(c3ccccc3)CC2)CC(C)(C)C1. The van der Waals surface area contributed by atoms with E-state index in [0.717, 1.165) is 39.0 Å². The molecule has 1 saturated heterocycles. The predicted molar refractivity (Wildman–Crippen MR) is 108 cm³/mol. The van der Waals surface area contributed by atoms with Gasteiger partial charge in [-0.1, -0.05) is 39.0 Å². The summed E-state index contributed by atoms with van der Waals surface area (Å²) in [5.41, 5.74) is 1.66. The van der Waals surface area contributed by atoms with Crippen molar-refractivity contribution < 1.29 is 9.84 Å². The Morgan fingerprint density at radius 1 is 1.12 bits per heavy atom. The zero-order chi connectivity index (χ0) is 18.6. The lowest BCUT2D eigenvalue weighted by Crippen LogP contribution is -2.49. The van der Waals surface area contributed by atoms with Crippen LogP contribution in [-0.4, -0.2) is 61.5 Å². The van der Waals surface area contributed by atoms with Gasteiger partial charge in [0.15, 0.2) is 0 Å². The Morgan fingerprint density at radius 3 is 2.46 bits per heavy atom. The monoisotopic (exact) mass is 360 g/mol. The molecule has 0 unspecified atom stereocenters. The maximum Gasteiger partial charge on any atom is 0.0900 e. The lowest BCUT2D eigenvalue weighted by molar-refractivity contribution is -0.0615. The molecule has 1 aliphatic heterocycles. The summed E-state index contributed by atoms with van der Waals surface area (Å²) in [7, 11) is 0. The smallest absolute Gasteiger partial charge is 0.0900 e. The van der Waals surface area contributed by atoms with Gasteiger partial charge in [0.1, 0.15) is 0 Å². The fraction of sp³-hybridized carbons (Fsp3) is 0.727. The Bertz CT molecular complexity index is 540. The van der Waals surface area contributed by atoms with E-state index in [0.29, 0.717) is 30.6 Å². The summed E-state index contributed by atoms with van der Waals surface area (Å²) < 4.78 is 6.10. The van der Waals surface area contributed by atoms with Crippen molar-refractivity contribution in [2.24, 2.45) is 11.3 Å². The first-order valence-electron chi connectivity index (χ1n) is 10.2. The molecule has 0 aromatic heterocycles. The third-order valence-electron chi connectivity index (χ3n) is 5.83. The molecule has 26 heavy (non-hydrogen) atoms. The number of ether oxygens (including phenoxy) is 1. The number of benzene rings is 1. The highest BCUT2D eigenvalue weighted by molar-refractivity contribution is 5.46. The van der Waals surface area contributed by atoms with Crippen LogP contribution in [0, 0.1) is 11.3 Å². The van der Waals surface area contributed by atoms with Crippen LogP contribution in [-0.2, 0) is 4.74 Å². The van der Waals surface area contributed by atoms with Crippen LogP contribution >= 0.6 is 0 Å². The van der Waals surface area contributed by atoms with Gasteiger partial charge in [0.2, 0.25) is 0 Å². The molecule has 1 N–H and O–H groups in total. The lowest BCUT2D eigenvalue weighted by Gasteiger charge is -2.39. The molecule has 4 nitrogen and oxygen atoms in total. The molecule has 1 aromatic rings. The van der Waals surface area contributed by atoms with Crippen molar-refractivity contribution in [2.45, 2.75) is 52.2 Å². The van der Waals surface area contributed by atoms with Gasteiger partial charge in [0.25, 0.3) is 0 Å². The standard InChI is InChI=1S/C22H36N2O2/c1-18-13-21(15-22(2,3)14-18)26-17-20(25)16-23-9-11-24(12-10-23)19-7-5-4-6-8-19/h4-8,18,20-21,25H,9-17H2,1-3H3/t18-,20-,21-/m1/s1. The van der Waals surface area contributed by atoms with E-state index in [9.17, 15) is 5.11 Å².